The van der Waals surface area contributed by atoms with Gasteiger partial charge in [-0.2, -0.15) is 9.57 Å². The number of aromatic nitrogens is 1. The van der Waals surface area contributed by atoms with Crippen LogP contribution in [0.15, 0.2) is 82.5 Å². The number of hydrogen-bond acceptors (Lipinski definition) is 8. The second kappa shape index (κ2) is 11.3. The molecule has 1 aliphatic rings. The van der Waals surface area contributed by atoms with Crippen molar-refractivity contribution < 1.29 is 27.5 Å². The summed E-state index contributed by atoms with van der Waals surface area (Å²) in [5, 5.41) is 19.1. The summed E-state index contributed by atoms with van der Waals surface area (Å²) in [5.74, 6) is -0.937. The number of nitriles is 1. The Morgan fingerprint density at radius 2 is 1.75 bits per heavy atom. The molecule has 1 N–H and O–H groups in total. The molecule has 0 amide bonds. The number of furan rings is 1. The zero-order valence-electron chi connectivity index (χ0n) is 21.6. The van der Waals surface area contributed by atoms with Crippen LogP contribution in [0, 0.1) is 11.3 Å². The molecule has 5 rings (SSSR count). The van der Waals surface area contributed by atoms with Gasteiger partial charge in [0.05, 0.1) is 28.7 Å². The van der Waals surface area contributed by atoms with Crippen LogP contribution in [0.3, 0.4) is 0 Å². The molecule has 10 nitrogen and oxygen atoms in total. The maximum atomic E-state index is 13.2. The largest absolute Gasteiger partial charge is 0.478 e. The van der Waals surface area contributed by atoms with E-state index in [2.05, 4.69) is 16.0 Å². The third kappa shape index (κ3) is 5.60. The monoisotopic (exact) mass is 558 g/mol. The van der Waals surface area contributed by atoms with Gasteiger partial charge in [-0.3, -0.25) is 0 Å². The summed E-state index contributed by atoms with van der Waals surface area (Å²) >= 11 is 0. The topological polar surface area (TPSA) is 137 Å². The maximum Gasteiger partial charge on any atom is 0.335 e. The average molecular weight is 559 g/mol. The summed E-state index contributed by atoms with van der Waals surface area (Å²) in [6.07, 6.45) is 3.01. The zero-order chi connectivity index (χ0) is 28.3. The smallest absolute Gasteiger partial charge is 0.335 e. The van der Waals surface area contributed by atoms with Gasteiger partial charge in [0.1, 0.15) is 18.2 Å². The van der Waals surface area contributed by atoms with Crippen LogP contribution in [0.25, 0.3) is 22.4 Å². The van der Waals surface area contributed by atoms with Gasteiger partial charge in [-0.15, -0.1) is 0 Å². The number of benzene rings is 2. The van der Waals surface area contributed by atoms with E-state index in [1.54, 1.807) is 48.5 Å². The lowest BCUT2D eigenvalue weighted by atomic mass is 10.0. The maximum absolute atomic E-state index is 13.2. The first kappa shape index (κ1) is 27.1. The van der Waals surface area contributed by atoms with Gasteiger partial charge < -0.3 is 19.2 Å². The van der Waals surface area contributed by atoms with Crippen LogP contribution in [0.1, 0.15) is 21.5 Å². The summed E-state index contributed by atoms with van der Waals surface area (Å²) in [6.45, 7) is 2.28. The van der Waals surface area contributed by atoms with E-state index in [-0.39, 0.29) is 28.5 Å². The van der Waals surface area contributed by atoms with Crippen molar-refractivity contribution >= 4 is 16.0 Å². The van der Waals surface area contributed by atoms with Gasteiger partial charge in [0.15, 0.2) is 0 Å². The molecule has 1 saturated heterocycles. The number of likely N-dealkylation sites (N-methyl/N-ethyl adjacent to an activating group) is 1. The van der Waals surface area contributed by atoms with Gasteiger partial charge in [0.25, 0.3) is 0 Å². The first-order valence-corrected chi connectivity index (χ1v) is 13.9. The summed E-state index contributed by atoms with van der Waals surface area (Å²) in [5.41, 5.74) is 3.39. The van der Waals surface area contributed by atoms with E-state index >= 15 is 0 Å². The van der Waals surface area contributed by atoms with Crippen molar-refractivity contribution in [3.05, 3.63) is 89.9 Å². The number of carbonyl (C=O) groups is 1. The number of ether oxygens (including phenoxy) is 1. The fourth-order valence-corrected chi connectivity index (χ4v) is 5.82. The summed E-state index contributed by atoms with van der Waals surface area (Å²) in [6, 6.07) is 18.3. The molecule has 2 aromatic heterocycles. The van der Waals surface area contributed by atoms with E-state index < -0.39 is 16.0 Å². The van der Waals surface area contributed by atoms with Gasteiger partial charge in [0, 0.05) is 42.9 Å². The van der Waals surface area contributed by atoms with E-state index in [9.17, 15) is 18.5 Å². The Morgan fingerprint density at radius 3 is 2.35 bits per heavy atom. The van der Waals surface area contributed by atoms with Gasteiger partial charge in [-0.05, 0) is 49.0 Å². The number of rotatable bonds is 8. The Labute approximate surface area is 231 Å². The highest BCUT2D eigenvalue weighted by atomic mass is 32.2. The first-order chi connectivity index (χ1) is 19.3. The predicted molar refractivity (Wildman–Crippen MR) is 146 cm³/mol. The SMILES string of the molecule is CN1CCN(S(=O)(=O)c2ccc(-c3cc(-c4ccoc4)c(C#N)c(OCc4ccc(C(=O)O)cc4)n3)cc2)CC1. The standard InChI is InChI=1S/C29H26N4O6S/c1-32-11-13-33(14-12-32)40(36,37)24-8-6-21(7-9-24)27-16-25(23-10-15-38-19-23)26(17-30)28(31-27)39-18-20-2-4-22(5-3-20)29(34)35/h2-10,15-16,19H,11-14,18H2,1H3,(H,34,35). The van der Waals surface area contributed by atoms with Crippen LogP contribution in [0.2, 0.25) is 0 Å². The predicted octanol–water partition coefficient (Wildman–Crippen LogP) is 4.09. The third-order valence-corrected chi connectivity index (χ3v) is 8.67. The molecule has 0 aliphatic carbocycles. The lowest BCUT2D eigenvalue weighted by Gasteiger charge is -2.31. The number of aromatic carboxylic acids is 1. The number of carboxylic acid groups (broad SMARTS) is 1. The molecule has 2 aromatic carbocycles. The number of carboxylic acids is 1. The fourth-order valence-electron chi connectivity index (χ4n) is 4.40. The Hall–Kier alpha value is -4.50. The van der Waals surface area contributed by atoms with Crippen molar-refractivity contribution in [1.29, 1.82) is 5.26 Å². The van der Waals surface area contributed by atoms with Crippen molar-refractivity contribution in [1.82, 2.24) is 14.2 Å². The molecule has 1 fully saturated rings. The molecule has 11 heteroatoms. The highest BCUT2D eigenvalue weighted by Crippen LogP contribution is 2.34. The molecule has 0 radical (unpaired) electrons. The highest BCUT2D eigenvalue weighted by molar-refractivity contribution is 7.89. The fraction of sp³-hybridized carbons (Fsp3) is 0.207. The molecule has 0 unspecified atom stereocenters. The number of pyridine rings is 1. The van der Waals surface area contributed by atoms with Crippen molar-refractivity contribution in [2.24, 2.45) is 0 Å². The molecule has 3 heterocycles. The number of nitrogens with zero attached hydrogens (tertiary/aromatic N) is 4. The quantitative estimate of drug-likeness (QED) is 0.339. The lowest BCUT2D eigenvalue weighted by Crippen LogP contribution is -2.46. The van der Waals surface area contributed by atoms with Crippen LogP contribution >= 0.6 is 0 Å². The lowest BCUT2D eigenvalue weighted by molar-refractivity contribution is 0.0696. The van der Waals surface area contributed by atoms with Gasteiger partial charge in [-0.1, -0.05) is 24.3 Å². The van der Waals surface area contributed by atoms with E-state index in [0.717, 1.165) is 0 Å². The van der Waals surface area contributed by atoms with Gasteiger partial charge in [0.2, 0.25) is 15.9 Å². The molecule has 40 heavy (non-hydrogen) atoms. The molecule has 0 bridgehead atoms. The van der Waals surface area contributed by atoms with Crippen LogP contribution in [0.5, 0.6) is 5.88 Å². The number of sulfonamides is 1. The molecular weight excluding hydrogens is 532 g/mol. The first-order valence-electron chi connectivity index (χ1n) is 12.5. The van der Waals surface area contributed by atoms with Crippen LogP contribution < -0.4 is 4.74 Å². The van der Waals surface area contributed by atoms with Crippen molar-refractivity contribution in [3.63, 3.8) is 0 Å². The molecule has 0 saturated carbocycles. The van der Waals surface area contributed by atoms with E-state index in [1.165, 1.54) is 29.0 Å². The Morgan fingerprint density at radius 1 is 1.05 bits per heavy atom. The average Bonchev–Trinajstić information content (AvgIpc) is 3.51. The highest BCUT2D eigenvalue weighted by Gasteiger charge is 2.27. The Balaban J connectivity index is 1.47. The number of hydrogen-bond donors (Lipinski definition) is 1. The zero-order valence-corrected chi connectivity index (χ0v) is 22.5. The molecule has 0 atom stereocenters. The summed E-state index contributed by atoms with van der Waals surface area (Å²) in [7, 11) is -1.66. The molecule has 4 aromatic rings. The molecule has 0 spiro atoms. The molecule has 1 aliphatic heterocycles. The Kier molecular flexibility index (Phi) is 7.66. The van der Waals surface area contributed by atoms with Crippen LogP contribution in [-0.2, 0) is 16.6 Å². The van der Waals surface area contributed by atoms with Gasteiger partial charge >= 0.3 is 5.97 Å². The normalized spacial score (nSPS) is 14.5. The minimum Gasteiger partial charge on any atom is -0.478 e. The Bertz CT molecular complexity index is 1650. The van der Waals surface area contributed by atoms with E-state index in [4.69, 9.17) is 14.3 Å². The minimum atomic E-state index is -3.63. The van der Waals surface area contributed by atoms with E-state index in [0.29, 0.717) is 54.1 Å². The third-order valence-electron chi connectivity index (χ3n) is 6.76. The second-order valence-electron chi connectivity index (χ2n) is 9.38. The van der Waals surface area contributed by atoms with E-state index in [1.807, 2.05) is 7.05 Å². The minimum absolute atomic E-state index is 0.0536. The van der Waals surface area contributed by atoms with Crippen LogP contribution in [0.4, 0.5) is 0 Å². The second-order valence-corrected chi connectivity index (χ2v) is 11.3. The van der Waals surface area contributed by atoms with Crippen LogP contribution in [-0.4, -0.2) is 66.9 Å². The summed E-state index contributed by atoms with van der Waals surface area (Å²) < 4.78 is 39.0. The van der Waals surface area contributed by atoms with Gasteiger partial charge in [-0.25, -0.2) is 18.2 Å². The number of piperazine rings is 1. The van der Waals surface area contributed by atoms with Crippen molar-refractivity contribution in [3.8, 4) is 34.3 Å². The molecular formula is C29H26N4O6S. The van der Waals surface area contributed by atoms with Crippen molar-refractivity contribution in [2.45, 2.75) is 11.5 Å². The summed E-state index contributed by atoms with van der Waals surface area (Å²) in [4.78, 5) is 18.0. The van der Waals surface area contributed by atoms with Crippen molar-refractivity contribution in [2.75, 3.05) is 33.2 Å². The molecule has 204 valence electrons.